The predicted molar refractivity (Wildman–Crippen MR) is 125 cm³/mol. The maximum Gasteiger partial charge on any atom is 0.163 e. The predicted octanol–water partition coefficient (Wildman–Crippen LogP) is 6.32. The van der Waals surface area contributed by atoms with E-state index in [0.29, 0.717) is 5.56 Å². The molecule has 0 fully saturated rings. The van der Waals surface area contributed by atoms with Gasteiger partial charge in [-0.15, -0.1) is 0 Å². The fraction of sp³-hybridized carbons (Fsp3) is 0.222. The van der Waals surface area contributed by atoms with E-state index in [0.717, 1.165) is 45.2 Å². The molecular formula is C27H26N4. The molecule has 0 aliphatic heterocycles. The Hall–Kier alpha value is -3.71. The van der Waals surface area contributed by atoms with Crippen LogP contribution in [0.1, 0.15) is 39.2 Å². The highest BCUT2D eigenvalue weighted by atomic mass is 15.4. The zero-order valence-electron chi connectivity index (χ0n) is 18.9. The van der Waals surface area contributed by atoms with Crippen LogP contribution < -0.4 is 0 Å². The van der Waals surface area contributed by atoms with Crippen LogP contribution in [0.5, 0.6) is 0 Å². The molecule has 0 aliphatic carbocycles. The molecule has 0 saturated heterocycles. The molecule has 0 unspecified atom stereocenters. The van der Waals surface area contributed by atoms with Crippen LogP contribution >= 0.6 is 0 Å². The van der Waals surface area contributed by atoms with Crippen LogP contribution in [0.3, 0.4) is 0 Å². The maximum atomic E-state index is 9.46. The Labute approximate surface area is 183 Å². The molecule has 31 heavy (non-hydrogen) atoms. The van der Waals surface area contributed by atoms with Crippen molar-refractivity contribution >= 4 is 0 Å². The van der Waals surface area contributed by atoms with Gasteiger partial charge in [-0.3, -0.25) is 0 Å². The maximum absolute atomic E-state index is 9.46. The van der Waals surface area contributed by atoms with Crippen molar-refractivity contribution in [2.24, 2.45) is 0 Å². The highest BCUT2D eigenvalue weighted by Crippen LogP contribution is 2.33. The zero-order chi connectivity index (χ0) is 22.3. The molecule has 154 valence electrons. The SMILES string of the molecule is Cc1cc(C)c(-n2nc(C)nc2-c2ccc(C)c(-c3cccc(C#N)c3C)c2)c(C)c1. The third-order valence-electron chi connectivity index (χ3n) is 5.80. The summed E-state index contributed by atoms with van der Waals surface area (Å²) in [5, 5.41) is 14.2. The van der Waals surface area contributed by atoms with Crippen molar-refractivity contribution in [3.63, 3.8) is 0 Å². The molecule has 0 N–H and O–H groups in total. The molecule has 0 atom stereocenters. The number of aromatic nitrogens is 3. The molecule has 0 radical (unpaired) electrons. The van der Waals surface area contributed by atoms with Crippen molar-refractivity contribution in [2.75, 3.05) is 0 Å². The molecule has 0 aliphatic rings. The van der Waals surface area contributed by atoms with Crippen molar-refractivity contribution < 1.29 is 0 Å². The zero-order valence-corrected chi connectivity index (χ0v) is 18.9. The van der Waals surface area contributed by atoms with Crippen LogP contribution in [0, 0.1) is 52.9 Å². The topological polar surface area (TPSA) is 54.5 Å². The van der Waals surface area contributed by atoms with Gasteiger partial charge in [-0.25, -0.2) is 9.67 Å². The fourth-order valence-electron chi connectivity index (χ4n) is 4.36. The second-order valence-corrected chi connectivity index (χ2v) is 8.26. The van der Waals surface area contributed by atoms with Crippen molar-refractivity contribution in [1.82, 2.24) is 14.8 Å². The molecule has 3 aromatic carbocycles. The van der Waals surface area contributed by atoms with Gasteiger partial charge in [0.25, 0.3) is 0 Å². The average molecular weight is 407 g/mol. The minimum Gasteiger partial charge on any atom is -0.212 e. The summed E-state index contributed by atoms with van der Waals surface area (Å²) in [7, 11) is 0. The first-order valence-corrected chi connectivity index (χ1v) is 10.4. The Morgan fingerprint density at radius 2 is 1.52 bits per heavy atom. The lowest BCUT2D eigenvalue weighted by molar-refractivity contribution is 0.854. The van der Waals surface area contributed by atoms with Crippen LogP contribution in [0.15, 0.2) is 48.5 Å². The van der Waals surface area contributed by atoms with E-state index in [9.17, 15) is 5.26 Å². The Morgan fingerprint density at radius 3 is 2.19 bits per heavy atom. The van der Waals surface area contributed by atoms with E-state index in [1.807, 2.05) is 30.7 Å². The summed E-state index contributed by atoms with van der Waals surface area (Å²) >= 11 is 0. The van der Waals surface area contributed by atoms with Gasteiger partial charge in [-0.05, 0) is 87.1 Å². The first kappa shape index (κ1) is 20.6. The third kappa shape index (κ3) is 3.64. The van der Waals surface area contributed by atoms with Gasteiger partial charge >= 0.3 is 0 Å². The van der Waals surface area contributed by atoms with E-state index in [1.54, 1.807) is 0 Å². The monoisotopic (exact) mass is 406 g/mol. The lowest BCUT2D eigenvalue weighted by Crippen LogP contribution is -2.05. The molecule has 0 bridgehead atoms. The van der Waals surface area contributed by atoms with Crippen molar-refractivity contribution in [2.45, 2.75) is 41.5 Å². The van der Waals surface area contributed by atoms with Crippen LogP contribution in [-0.2, 0) is 0 Å². The average Bonchev–Trinajstić information content (AvgIpc) is 3.09. The number of aryl methyl sites for hydroxylation is 5. The number of benzene rings is 3. The summed E-state index contributed by atoms with van der Waals surface area (Å²) in [5.41, 5.74) is 10.7. The quantitative estimate of drug-likeness (QED) is 0.400. The van der Waals surface area contributed by atoms with Crippen LogP contribution in [0.4, 0.5) is 0 Å². The number of hydrogen-bond acceptors (Lipinski definition) is 3. The van der Waals surface area contributed by atoms with Gasteiger partial charge in [-0.1, -0.05) is 42.0 Å². The van der Waals surface area contributed by atoms with Crippen molar-refractivity contribution in [3.05, 3.63) is 87.7 Å². The number of hydrogen-bond donors (Lipinski definition) is 0. The van der Waals surface area contributed by atoms with Gasteiger partial charge < -0.3 is 0 Å². The van der Waals surface area contributed by atoms with Crippen molar-refractivity contribution in [3.8, 4) is 34.3 Å². The van der Waals surface area contributed by atoms with E-state index in [2.05, 4.69) is 70.2 Å². The summed E-state index contributed by atoms with van der Waals surface area (Å²) in [5.74, 6) is 1.56. The molecule has 1 heterocycles. The molecule has 0 saturated carbocycles. The molecule has 4 nitrogen and oxygen atoms in total. The summed E-state index contributed by atoms with van der Waals surface area (Å²) in [4.78, 5) is 4.78. The van der Waals surface area contributed by atoms with E-state index in [1.165, 1.54) is 16.7 Å². The standard InChI is InChI=1S/C27H26N4/c1-16-12-18(3)26(19(4)13-16)31-27(29-21(6)30-31)22-11-10-17(2)25(14-22)24-9-7-8-23(15-28)20(24)5/h7-14H,1-6H3. The van der Waals surface area contributed by atoms with Gasteiger partial charge in [0, 0.05) is 5.56 Å². The van der Waals surface area contributed by atoms with E-state index in [-0.39, 0.29) is 0 Å². The highest BCUT2D eigenvalue weighted by molar-refractivity contribution is 5.77. The molecular weight excluding hydrogens is 380 g/mol. The molecule has 0 amide bonds. The van der Waals surface area contributed by atoms with Crippen LogP contribution in [0.2, 0.25) is 0 Å². The number of nitriles is 1. The van der Waals surface area contributed by atoms with Crippen LogP contribution in [0.25, 0.3) is 28.2 Å². The van der Waals surface area contributed by atoms with Gasteiger partial charge in [0.15, 0.2) is 5.82 Å². The normalized spacial score (nSPS) is 10.9. The first-order chi connectivity index (χ1) is 14.8. The molecule has 1 aromatic heterocycles. The Morgan fingerprint density at radius 1 is 0.806 bits per heavy atom. The van der Waals surface area contributed by atoms with Crippen LogP contribution in [-0.4, -0.2) is 14.8 Å². The lowest BCUT2D eigenvalue weighted by atomic mass is 9.92. The number of nitrogens with zero attached hydrogens (tertiary/aromatic N) is 4. The highest BCUT2D eigenvalue weighted by Gasteiger charge is 2.17. The minimum absolute atomic E-state index is 0.701. The lowest BCUT2D eigenvalue weighted by Gasteiger charge is -2.15. The molecule has 4 aromatic rings. The third-order valence-corrected chi connectivity index (χ3v) is 5.80. The molecule has 4 heteroatoms. The second kappa shape index (κ2) is 7.85. The molecule has 4 rings (SSSR count). The van der Waals surface area contributed by atoms with E-state index >= 15 is 0 Å². The summed E-state index contributed by atoms with van der Waals surface area (Å²) < 4.78 is 1.96. The Balaban J connectivity index is 1.93. The van der Waals surface area contributed by atoms with Gasteiger partial charge in [0.05, 0.1) is 17.3 Å². The molecule has 0 spiro atoms. The summed E-state index contributed by atoms with van der Waals surface area (Å²) in [6.07, 6.45) is 0. The van der Waals surface area contributed by atoms with Gasteiger partial charge in [0.2, 0.25) is 0 Å². The minimum atomic E-state index is 0.701. The van der Waals surface area contributed by atoms with Crippen molar-refractivity contribution in [1.29, 1.82) is 5.26 Å². The van der Waals surface area contributed by atoms with Gasteiger partial charge in [-0.2, -0.15) is 10.4 Å². The summed E-state index contributed by atoms with van der Waals surface area (Å²) in [6.45, 7) is 12.4. The second-order valence-electron chi connectivity index (χ2n) is 8.26. The Kier molecular flexibility index (Phi) is 5.20. The fourth-order valence-corrected chi connectivity index (χ4v) is 4.36. The first-order valence-electron chi connectivity index (χ1n) is 10.4. The number of rotatable bonds is 3. The Bertz CT molecular complexity index is 1330. The summed E-state index contributed by atoms with van der Waals surface area (Å²) in [6, 6.07) is 18.9. The van der Waals surface area contributed by atoms with E-state index < -0.39 is 0 Å². The smallest absolute Gasteiger partial charge is 0.163 e. The van der Waals surface area contributed by atoms with Gasteiger partial charge in [0.1, 0.15) is 5.82 Å². The largest absolute Gasteiger partial charge is 0.212 e. The van der Waals surface area contributed by atoms with E-state index in [4.69, 9.17) is 10.1 Å².